The van der Waals surface area contributed by atoms with Gasteiger partial charge in [-0.3, -0.25) is 9.89 Å². The number of hydrogen-bond donors (Lipinski definition) is 2. The molecule has 1 aromatic rings. The normalized spacial score (nSPS) is 20.7. The largest absolute Gasteiger partial charge is 0.494 e. The van der Waals surface area contributed by atoms with Gasteiger partial charge in [0.25, 0.3) is 0 Å². The Labute approximate surface area is 181 Å². The molecule has 1 saturated heterocycles. The summed E-state index contributed by atoms with van der Waals surface area (Å²) in [5.41, 5.74) is 1.13. The van der Waals surface area contributed by atoms with Crippen LogP contribution in [0.5, 0.6) is 5.75 Å². The van der Waals surface area contributed by atoms with Gasteiger partial charge in [-0.05, 0) is 33.3 Å². The predicted octanol–water partition coefficient (Wildman–Crippen LogP) is 2.87. The smallest absolute Gasteiger partial charge is 0.191 e. The first kappa shape index (κ1) is 24.0. The van der Waals surface area contributed by atoms with E-state index in [0.717, 1.165) is 49.9 Å². The predicted molar refractivity (Wildman–Crippen MR) is 122 cm³/mol. The molecule has 1 aromatic carbocycles. The van der Waals surface area contributed by atoms with Gasteiger partial charge in [-0.15, -0.1) is 24.0 Å². The van der Waals surface area contributed by atoms with Gasteiger partial charge in [-0.2, -0.15) is 0 Å². The van der Waals surface area contributed by atoms with Crippen LogP contribution in [0.2, 0.25) is 0 Å². The summed E-state index contributed by atoms with van der Waals surface area (Å²) in [5, 5.41) is 6.76. The second-order valence-electron chi connectivity index (χ2n) is 6.76. The Balaban J connectivity index is 0.00000364. The Bertz CT molecular complexity index is 561. The minimum absolute atomic E-state index is 0. The van der Waals surface area contributed by atoms with E-state index in [2.05, 4.69) is 40.4 Å². The van der Waals surface area contributed by atoms with E-state index in [9.17, 15) is 0 Å². The molecule has 27 heavy (non-hydrogen) atoms. The van der Waals surface area contributed by atoms with Crippen LogP contribution in [0.15, 0.2) is 29.3 Å². The van der Waals surface area contributed by atoms with Crippen molar-refractivity contribution in [3.63, 3.8) is 0 Å². The van der Waals surface area contributed by atoms with Gasteiger partial charge >= 0.3 is 0 Å². The Morgan fingerprint density at radius 3 is 2.59 bits per heavy atom. The number of para-hydroxylation sites is 1. The van der Waals surface area contributed by atoms with E-state index in [0.29, 0.717) is 25.4 Å². The number of nitrogens with one attached hydrogen (secondary N) is 2. The van der Waals surface area contributed by atoms with Crippen molar-refractivity contribution in [2.75, 3.05) is 39.8 Å². The molecule has 6 nitrogen and oxygen atoms in total. The van der Waals surface area contributed by atoms with Crippen LogP contribution < -0.4 is 15.4 Å². The number of aliphatic imine (C=N–C) groups is 1. The first-order valence-corrected chi connectivity index (χ1v) is 9.65. The molecule has 2 rings (SSSR count). The number of hydrogen-bond acceptors (Lipinski definition) is 4. The zero-order valence-electron chi connectivity index (χ0n) is 17.0. The van der Waals surface area contributed by atoms with Crippen molar-refractivity contribution in [2.24, 2.45) is 4.99 Å². The van der Waals surface area contributed by atoms with Gasteiger partial charge in [-0.1, -0.05) is 18.2 Å². The molecule has 0 radical (unpaired) electrons. The zero-order chi connectivity index (χ0) is 18.8. The lowest BCUT2D eigenvalue weighted by Crippen LogP contribution is -2.46. The van der Waals surface area contributed by atoms with E-state index in [1.54, 1.807) is 7.05 Å². The van der Waals surface area contributed by atoms with Gasteiger partial charge in [0.15, 0.2) is 5.96 Å². The number of rotatable bonds is 8. The lowest BCUT2D eigenvalue weighted by Gasteiger charge is -2.35. The number of halogens is 1. The van der Waals surface area contributed by atoms with Crippen molar-refractivity contribution >= 4 is 29.9 Å². The standard InChI is InChI=1S/C20H34N4O2.HI/c1-5-25-19-10-7-6-9-18(19)13-23-20(21-4)22-11-8-12-24-14-16(2)26-17(3)15-24;/h6-7,9-10,16-17H,5,8,11-15H2,1-4H3,(H2,21,22,23);1H. The summed E-state index contributed by atoms with van der Waals surface area (Å²) in [7, 11) is 1.80. The monoisotopic (exact) mass is 490 g/mol. The van der Waals surface area contributed by atoms with E-state index >= 15 is 0 Å². The highest BCUT2D eigenvalue weighted by atomic mass is 127. The second-order valence-corrected chi connectivity index (χ2v) is 6.76. The molecule has 1 heterocycles. The highest BCUT2D eigenvalue weighted by molar-refractivity contribution is 14.0. The van der Waals surface area contributed by atoms with E-state index < -0.39 is 0 Å². The van der Waals surface area contributed by atoms with E-state index in [-0.39, 0.29) is 24.0 Å². The van der Waals surface area contributed by atoms with Crippen LogP contribution in [0.3, 0.4) is 0 Å². The van der Waals surface area contributed by atoms with Gasteiger partial charge in [0.1, 0.15) is 5.75 Å². The summed E-state index contributed by atoms with van der Waals surface area (Å²) >= 11 is 0. The molecule has 7 heteroatoms. The van der Waals surface area contributed by atoms with Crippen LogP contribution in [0, 0.1) is 0 Å². The molecule has 2 atom stereocenters. The second kappa shape index (κ2) is 13.2. The summed E-state index contributed by atoms with van der Waals surface area (Å²) in [6, 6.07) is 8.10. The maximum absolute atomic E-state index is 5.78. The lowest BCUT2D eigenvalue weighted by molar-refractivity contribution is -0.0679. The van der Waals surface area contributed by atoms with Crippen molar-refractivity contribution < 1.29 is 9.47 Å². The highest BCUT2D eigenvalue weighted by Crippen LogP contribution is 2.17. The topological polar surface area (TPSA) is 58.1 Å². The fourth-order valence-corrected chi connectivity index (χ4v) is 3.32. The van der Waals surface area contributed by atoms with E-state index in [4.69, 9.17) is 9.47 Å². The van der Waals surface area contributed by atoms with E-state index in [1.807, 2.05) is 25.1 Å². The van der Waals surface area contributed by atoms with Crippen molar-refractivity contribution in [1.29, 1.82) is 0 Å². The average Bonchev–Trinajstić information content (AvgIpc) is 2.62. The number of guanidine groups is 1. The van der Waals surface area contributed by atoms with Crippen molar-refractivity contribution in [3.05, 3.63) is 29.8 Å². The summed E-state index contributed by atoms with van der Waals surface area (Å²) in [6.45, 7) is 11.7. The molecule has 2 N–H and O–H groups in total. The third kappa shape index (κ3) is 8.66. The van der Waals surface area contributed by atoms with Crippen LogP contribution in [0.25, 0.3) is 0 Å². The van der Waals surface area contributed by atoms with Gasteiger partial charge in [-0.25, -0.2) is 0 Å². The lowest BCUT2D eigenvalue weighted by atomic mass is 10.2. The molecule has 2 unspecified atom stereocenters. The maximum Gasteiger partial charge on any atom is 0.191 e. The van der Waals surface area contributed by atoms with E-state index in [1.165, 1.54) is 0 Å². The zero-order valence-corrected chi connectivity index (χ0v) is 19.4. The van der Waals surface area contributed by atoms with Crippen molar-refractivity contribution in [1.82, 2.24) is 15.5 Å². The molecule has 0 bridgehead atoms. The first-order valence-electron chi connectivity index (χ1n) is 9.65. The Hall–Kier alpha value is -1.06. The Morgan fingerprint density at radius 2 is 1.93 bits per heavy atom. The summed E-state index contributed by atoms with van der Waals surface area (Å²) in [6.07, 6.45) is 1.73. The molecular formula is C20H35IN4O2. The number of morpholine rings is 1. The summed E-state index contributed by atoms with van der Waals surface area (Å²) in [5.74, 6) is 1.74. The first-order chi connectivity index (χ1) is 12.6. The Morgan fingerprint density at radius 1 is 1.22 bits per heavy atom. The fourth-order valence-electron chi connectivity index (χ4n) is 3.32. The van der Waals surface area contributed by atoms with Gasteiger partial charge in [0, 0.05) is 45.3 Å². The number of ether oxygens (including phenoxy) is 2. The molecule has 1 aliphatic rings. The molecule has 0 aliphatic carbocycles. The third-order valence-electron chi connectivity index (χ3n) is 4.38. The molecule has 0 amide bonds. The molecule has 0 aromatic heterocycles. The molecule has 0 spiro atoms. The minimum atomic E-state index is 0. The van der Waals surface area contributed by atoms with Crippen molar-refractivity contribution in [2.45, 2.75) is 45.9 Å². The minimum Gasteiger partial charge on any atom is -0.494 e. The maximum atomic E-state index is 5.78. The third-order valence-corrected chi connectivity index (χ3v) is 4.38. The quantitative estimate of drug-likeness (QED) is 0.254. The van der Waals surface area contributed by atoms with Crippen LogP contribution in [0.4, 0.5) is 0 Å². The number of benzene rings is 1. The van der Waals surface area contributed by atoms with Gasteiger partial charge < -0.3 is 20.1 Å². The highest BCUT2D eigenvalue weighted by Gasteiger charge is 2.21. The molecule has 154 valence electrons. The summed E-state index contributed by atoms with van der Waals surface area (Å²) < 4.78 is 11.5. The molecule has 1 aliphatic heterocycles. The molecule has 1 fully saturated rings. The van der Waals surface area contributed by atoms with Crippen LogP contribution >= 0.6 is 24.0 Å². The number of nitrogens with zero attached hydrogens (tertiary/aromatic N) is 2. The van der Waals surface area contributed by atoms with Crippen LogP contribution in [-0.2, 0) is 11.3 Å². The Kier molecular flexibility index (Phi) is 11.7. The van der Waals surface area contributed by atoms with Crippen LogP contribution in [0.1, 0.15) is 32.8 Å². The average molecular weight is 490 g/mol. The summed E-state index contributed by atoms with van der Waals surface area (Å²) in [4.78, 5) is 6.79. The van der Waals surface area contributed by atoms with Gasteiger partial charge in [0.05, 0.1) is 18.8 Å². The van der Waals surface area contributed by atoms with Gasteiger partial charge in [0.2, 0.25) is 0 Å². The fraction of sp³-hybridized carbons (Fsp3) is 0.650. The molecular weight excluding hydrogens is 455 g/mol. The SMILES string of the molecule is CCOc1ccccc1CNC(=NC)NCCCN1CC(C)OC(C)C1.I. The molecule has 0 saturated carbocycles. The van der Waals surface area contributed by atoms with Crippen LogP contribution in [-0.4, -0.2) is 62.9 Å². The van der Waals surface area contributed by atoms with Crippen molar-refractivity contribution in [3.8, 4) is 5.75 Å².